The average molecular weight is 253 g/mol. The van der Waals surface area contributed by atoms with E-state index in [9.17, 15) is 4.79 Å². The van der Waals surface area contributed by atoms with Crippen LogP contribution in [0.1, 0.15) is 51.9 Å². The summed E-state index contributed by atoms with van der Waals surface area (Å²) in [6, 6.07) is 0. The van der Waals surface area contributed by atoms with E-state index in [1.165, 1.54) is 32.2 Å². The summed E-state index contributed by atoms with van der Waals surface area (Å²) >= 11 is 0. The molecule has 0 amide bonds. The van der Waals surface area contributed by atoms with E-state index in [0.717, 1.165) is 37.8 Å². The third-order valence-corrected chi connectivity index (χ3v) is 4.82. The minimum atomic E-state index is -0.630. The highest BCUT2D eigenvalue weighted by Gasteiger charge is 2.25. The maximum Gasteiger partial charge on any atom is 0.303 e. The fourth-order valence-corrected chi connectivity index (χ4v) is 3.50. The number of nitrogens with zero attached hydrogens (tertiary/aromatic N) is 1. The summed E-state index contributed by atoms with van der Waals surface area (Å²) in [7, 11) is 0. The van der Waals surface area contributed by atoms with Crippen LogP contribution in [0.2, 0.25) is 0 Å². The quantitative estimate of drug-likeness (QED) is 0.837. The van der Waals surface area contributed by atoms with Crippen LogP contribution in [0.3, 0.4) is 0 Å². The van der Waals surface area contributed by atoms with E-state index in [-0.39, 0.29) is 0 Å². The van der Waals surface area contributed by atoms with Crippen LogP contribution in [0.15, 0.2) is 0 Å². The molecular formula is C15H27NO2. The summed E-state index contributed by atoms with van der Waals surface area (Å²) in [4.78, 5) is 13.3. The molecule has 0 aromatic heterocycles. The molecule has 2 rings (SSSR count). The Bertz CT molecular complexity index is 264. The van der Waals surface area contributed by atoms with Crippen LogP contribution >= 0.6 is 0 Å². The molecule has 1 aliphatic heterocycles. The van der Waals surface area contributed by atoms with Crippen LogP contribution < -0.4 is 0 Å². The largest absolute Gasteiger partial charge is 0.481 e. The maximum atomic E-state index is 10.7. The minimum Gasteiger partial charge on any atom is -0.481 e. The lowest BCUT2D eigenvalue weighted by molar-refractivity contribution is -0.138. The molecule has 2 aliphatic rings. The fourth-order valence-electron chi connectivity index (χ4n) is 3.50. The number of hydrogen-bond acceptors (Lipinski definition) is 2. The summed E-state index contributed by atoms with van der Waals surface area (Å²) in [5.41, 5.74) is 0. The van der Waals surface area contributed by atoms with Gasteiger partial charge in [-0.05, 0) is 56.5 Å². The van der Waals surface area contributed by atoms with Gasteiger partial charge in [-0.15, -0.1) is 0 Å². The normalized spacial score (nSPS) is 31.4. The van der Waals surface area contributed by atoms with E-state index in [4.69, 9.17) is 5.11 Å². The van der Waals surface area contributed by atoms with Crippen molar-refractivity contribution in [1.82, 2.24) is 4.90 Å². The van der Waals surface area contributed by atoms with Crippen LogP contribution in [0.4, 0.5) is 0 Å². The SMILES string of the molecule is CC1CCC(CN2CCC(CC(=O)O)CC2)CC1. The highest BCUT2D eigenvalue weighted by molar-refractivity contribution is 5.67. The number of rotatable bonds is 4. The third-order valence-electron chi connectivity index (χ3n) is 4.82. The molecule has 0 unspecified atom stereocenters. The van der Waals surface area contributed by atoms with Crippen LogP contribution in [-0.2, 0) is 4.79 Å². The van der Waals surface area contributed by atoms with E-state index in [0.29, 0.717) is 12.3 Å². The number of carbonyl (C=O) groups is 1. The molecule has 0 aromatic carbocycles. The van der Waals surface area contributed by atoms with Gasteiger partial charge in [0, 0.05) is 13.0 Å². The van der Waals surface area contributed by atoms with Crippen molar-refractivity contribution in [2.75, 3.05) is 19.6 Å². The Kier molecular flexibility index (Phi) is 5.04. The van der Waals surface area contributed by atoms with Gasteiger partial charge < -0.3 is 10.0 Å². The van der Waals surface area contributed by atoms with Crippen LogP contribution in [0.25, 0.3) is 0 Å². The van der Waals surface area contributed by atoms with Crippen molar-refractivity contribution in [3.8, 4) is 0 Å². The van der Waals surface area contributed by atoms with Crippen molar-refractivity contribution in [1.29, 1.82) is 0 Å². The van der Waals surface area contributed by atoms with Gasteiger partial charge >= 0.3 is 5.97 Å². The number of hydrogen-bond donors (Lipinski definition) is 1. The first-order valence-corrected chi connectivity index (χ1v) is 7.57. The first-order chi connectivity index (χ1) is 8.63. The molecule has 2 fully saturated rings. The summed E-state index contributed by atoms with van der Waals surface area (Å²) in [6.45, 7) is 5.86. The van der Waals surface area contributed by atoms with Crippen molar-refractivity contribution >= 4 is 5.97 Å². The van der Waals surface area contributed by atoms with Gasteiger partial charge in [0.05, 0.1) is 0 Å². The van der Waals surface area contributed by atoms with E-state index in [1.807, 2.05) is 0 Å². The van der Waals surface area contributed by atoms with Crippen molar-refractivity contribution < 1.29 is 9.90 Å². The lowest BCUT2D eigenvalue weighted by Crippen LogP contribution is -2.38. The second-order valence-corrected chi connectivity index (χ2v) is 6.47. The molecule has 1 heterocycles. The van der Waals surface area contributed by atoms with Crippen LogP contribution in [0.5, 0.6) is 0 Å². The van der Waals surface area contributed by atoms with Crippen molar-refractivity contribution in [3.05, 3.63) is 0 Å². The molecule has 3 heteroatoms. The van der Waals surface area contributed by atoms with E-state index in [2.05, 4.69) is 11.8 Å². The first kappa shape index (κ1) is 13.9. The Balaban J connectivity index is 1.65. The smallest absolute Gasteiger partial charge is 0.303 e. The molecule has 1 aliphatic carbocycles. The van der Waals surface area contributed by atoms with Crippen molar-refractivity contribution in [2.45, 2.75) is 51.9 Å². The van der Waals surface area contributed by atoms with Gasteiger partial charge in [-0.25, -0.2) is 0 Å². The third kappa shape index (κ3) is 4.27. The van der Waals surface area contributed by atoms with Crippen LogP contribution in [-0.4, -0.2) is 35.6 Å². The number of piperidine rings is 1. The monoisotopic (exact) mass is 253 g/mol. The average Bonchev–Trinajstić information content (AvgIpc) is 2.34. The molecule has 18 heavy (non-hydrogen) atoms. The number of carboxylic acid groups (broad SMARTS) is 1. The summed E-state index contributed by atoms with van der Waals surface area (Å²) in [5.74, 6) is 1.62. The van der Waals surface area contributed by atoms with Gasteiger partial charge in [-0.1, -0.05) is 19.8 Å². The van der Waals surface area contributed by atoms with Gasteiger partial charge in [-0.3, -0.25) is 4.79 Å². The molecular weight excluding hydrogens is 226 g/mol. The Morgan fingerprint density at radius 2 is 1.67 bits per heavy atom. The summed E-state index contributed by atoms with van der Waals surface area (Å²) in [5, 5.41) is 8.80. The number of carboxylic acids is 1. The fraction of sp³-hybridized carbons (Fsp3) is 0.933. The van der Waals surface area contributed by atoms with Gasteiger partial charge in [-0.2, -0.15) is 0 Å². The predicted octanol–water partition coefficient (Wildman–Crippen LogP) is 3.00. The molecule has 104 valence electrons. The summed E-state index contributed by atoms with van der Waals surface area (Å²) in [6.07, 6.45) is 8.13. The first-order valence-electron chi connectivity index (χ1n) is 7.57. The molecule has 0 aromatic rings. The Morgan fingerprint density at radius 3 is 2.22 bits per heavy atom. The zero-order valence-electron chi connectivity index (χ0n) is 11.6. The molecule has 0 bridgehead atoms. The molecule has 0 radical (unpaired) electrons. The second kappa shape index (κ2) is 6.55. The molecule has 1 saturated carbocycles. The highest BCUT2D eigenvalue weighted by atomic mass is 16.4. The van der Waals surface area contributed by atoms with E-state index < -0.39 is 5.97 Å². The maximum absolute atomic E-state index is 10.7. The Hall–Kier alpha value is -0.570. The van der Waals surface area contributed by atoms with Crippen LogP contribution in [0, 0.1) is 17.8 Å². The second-order valence-electron chi connectivity index (χ2n) is 6.47. The Labute approximate surface area is 111 Å². The lowest BCUT2D eigenvalue weighted by Gasteiger charge is -2.35. The zero-order valence-corrected chi connectivity index (χ0v) is 11.6. The van der Waals surface area contributed by atoms with Gasteiger partial charge in [0.1, 0.15) is 0 Å². The zero-order chi connectivity index (χ0) is 13.0. The Morgan fingerprint density at radius 1 is 1.06 bits per heavy atom. The van der Waals surface area contributed by atoms with Gasteiger partial charge in [0.2, 0.25) is 0 Å². The van der Waals surface area contributed by atoms with E-state index in [1.54, 1.807) is 0 Å². The van der Waals surface area contributed by atoms with Crippen molar-refractivity contribution in [2.24, 2.45) is 17.8 Å². The minimum absolute atomic E-state index is 0.370. The van der Waals surface area contributed by atoms with Gasteiger partial charge in [0.15, 0.2) is 0 Å². The molecule has 1 N–H and O–H groups in total. The summed E-state index contributed by atoms with van der Waals surface area (Å²) < 4.78 is 0. The van der Waals surface area contributed by atoms with Crippen molar-refractivity contribution in [3.63, 3.8) is 0 Å². The molecule has 1 saturated heterocycles. The van der Waals surface area contributed by atoms with E-state index >= 15 is 0 Å². The molecule has 0 spiro atoms. The predicted molar refractivity (Wildman–Crippen MR) is 72.5 cm³/mol. The standard InChI is InChI=1S/C15H27NO2/c1-12-2-4-14(5-3-12)11-16-8-6-13(7-9-16)10-15(17)18/h12-14H,2-11H2,1H3,(H,17,18). The highest BCUT2D eigenvalue weighted by Crippen LogP contribution is 2.30. The number of aliphatic carboxylic acids is 1. The molecule has 3 nitrogen and oxygen atoms in total. The lowest BCUT2D eigenvalue weighted by atomic mass is 9.82. The topological polar surface area (TPSA) is 40.5 Å². The van der Waals surface area contributed by atoms with Gasteiger partial charge in [0.25, 0.3) is 0 Å². The molecule has 0 atom stereocenters. The number of likely N-dealkylation sites (tertiary alicyclic amines) is 1.